The van der Waals surface area contributed by atoms with Crippen molar-refractivity contribution in [3.8, 4) is 5.75 Å². The molecule has 2 N–H and O–H groups in total. The minimum atomic E-state index is -0.192. The van der Waals surface area contributed by atoms with Crippen molar-refractivity contribution in [1.29, 1.82) is 0 Å². The second-order valence-electron chi connectivity index (χ2n) is 4.12. The SMILES string of the molecule is Nc1ccc2c(c1)OCCN2C(=O)c1cnccn1. The summed E-state index contributed by atoms with van der Waals surface area (Å²) in [5.74, 6) is 0.422. The van der Waals surface area contributed by atoms with Gasteiger partial charge in [0.1, 0.15) is 18.1 Å². The van der Waals surface area contributed by atoms with Crippen LogP contribution in [0.5, 0.6) is 5.75 Å². The summed E-state index contributed by atoms with van der Waals surface area (Å²) in [6, 6.07) is 5.23. The van der Waals surface area contributed by atoms with Gasteiger partial charge in [-0.2, -0.15) is 0 Å². The van der Waals surface area contributed by atoms with Crippen LogP contribution in [0.4, 0.5) is 11.4 Å². The molecule has 1 aliphatic rings. The zero-order valence-electron chi connectivity index (χ0n) is 10.1. The highest BCUT2D eigenvalue weighted by atomic mass is 16.5. The molecule has 6 nitrogen and oxygen atoms in total. The van der Waals surface area contributed by atoms with Gasteiger partial charge in [0.2, 0.25) is 0 Å². The van der Waals surface area contributed by atoms with Crippen molar-refractivity contribution in [3.63, 3.8) is 0 Å². The van der Waals surface area contributed by atoms with E-state index in [9.17, 15) is 4.79 Å². The molecule has 0 bridgehead atoms. The Kier molecular flexibility index (Phi) is 2.75. The number of hydrogen-bond donors (Lipinski definition) is 1. The molecule has 0 fully saturated rings. The Bertz CT molecular complexity index is 615. The maximum atomic E-state index is 12.4. The largest absolute Gasteiger partial charge is 0.489 e. The highest BCUT2D eigenvalue weighted by molar-refractivity contribution is 6.05. The van der Waals surface area contributed by atoms with Crippen molar-refractivity contribution >= 4 is 17.3 Å². The number of carbonyl (C=O) groups excluding carboxylic acids is 1. The molecule has 3 rings (SSSR count). The fourth-order valence-electron chi connectivity index (χ4n) is 2.00. The quantitative estimate of drug-likeness (QED) is 0.772. The van der Waals surface area contributed by atoms with Gasteiger partial charge < -0.3 is 15.4 Å². The van der Waals surface area contributed by atoms with E-state index >= 15 is 0 Å². The Morgan fingerprint density at radius 2 is 2.26 bits per heavy atom. The predicted molar refractivity (Wildman–Crippen MR) is 70.1 cm³/mol. The number of nitrogen functional groups attached to an aromatic ring is 1. The summed E-state index contributed by atoms with van der Waals surface area (Å²) in [6.07, 6.45) is 4.48. The third kappa shape index (κ3) is 2.08. The Morgan fingerprint density at radius 3 is 3.05 bits per heavy atom. The number of ether oxygens (including phenoxy) is 1. The van der Waals surface area contributed by atoms with E-state index in [-0.39, 0.29) is 5.91 Å². The summed E-state index contributed by atoms with van der Waals surface area (Å²) in [7, 11) is 0. The van der Waals surface area contributed by atoms with Crippen LogP contribution in [-0.2, 0) is 0 Å². The van der Waals surface area contributed by atoms with Gasteiger partial charge in [-0.15, -0.1) is 0 Å². The number of nitrogens with two attached hydrogens (primary N) is 1. The summed E-state index contributed by atoms with van der Waals surface area (Å²) < 4.78 is 5.51. The lowest BCUT2D eigenvalue weighted by Crippen LogP contribution is -2.38. The van der Waals surface area contributed by atoms with Crippen LogP contribution < -0.4 is 15.4 Å². The first kappa shape index (κ1) is 11.5. The molecule has 0 unspecified atom stereocenters. The lowest BCUT2D eigenvalue weighted by molar-refractivity contribution is 0.0971. The molecular weight excluding hydrogens is 244 g/mol. The first-order valence-corrected chi connectivity index (χ1v) is 5.86. The third-order valence-electron chi connectivity index (χ3n) is 2.87. The molecule has 1 aromatic carbocycles. The van der Waals surface area contributed by atoms with Crippen molar-refractivity contribution < 1.29 is 9.53 Å². The van der Waals surface area contributed by atoms with E-state index in [4.69, 9.17) is 10.5 Å². The van der Waals surface area contributed by atoms with Gasteiger partial charge in [-0.3, -0.25) is 9.78 Å². The summed E-state index contributed by atoms with van der Waals surface area (Å²) >= 11 is 0. The van der Waals surface area contributed by atoms with Gasteiger partial charge in [-0.25, -0.2) is 4.98 Å². The van der Waals surface area contributed by atoms with Crippen molar-refractivity contribution in [2.24, 2.45) is 0 Å². The number of carbonyl (C=O) groups is 1. The molecular formula is C13H12N4O2. The maximum Gasteiger partial charge on any atom is 0.278 e. The van der Waals surface area contributed by atoms with Crippen LogP contribution in [0.25, 0.3) is 0 Å². The van der Waals surface area contributed by atoms with E-state index < -0.39 is 0 Å². The predicted octanol–water partition coefficient (Wildman–Crippen LogP) is 1.10. The molecule has 2 aromatic rings. The van der Waals surface area contributed by atoms with E-state index in [1.54, 1.807) is 23.1 Å². The summed E-state index contributed by atoms with van der Waals surface area (Å²) in [4.78, 5) is 21.9. The highest BCUT2D eigenvalue weighted by Gasteiger charge is 2.25. The third-order valence-corrected chi connectivity index (χ3v) is 2.87. The zero-order chi connectivity index (χ0) is 13.2. The maximum absolute atomic E-state index is 12.4. The van der Waals surface area contributed by atoms with Gasteiger partial charge in [-0.05, 0) is 12.1 Å². The topological polar surface area (TPSA) is 81.3 Å². The van der Waals surface area contributed by atoms with Crippen LogP contribution in [0.3, 0.4) is 0 Å². The van der Waals surface area contributed by atoms with Gasteiger partial charge in [0, 0.05) is 24.1 Å². The number of rotatable bonds is 1. The average Bonchev–Trinajstić information content (AvgIpc) is 2.46. The fourth-order valence-corrected chi connectivity index (χ4v) is 2.00. The lowest BCUT2D eigenvalue weighted by Gasteiger charge is -2.29. The van der Waals surface area contributed by atoms with Gasteiger partial charge >= 0.3 is 0 Å². The van der Waals surface area contributed by atoms with Crippen molar-refractivity contribution in [2.75, 3.05) is 23.8 Å². The van der Waals surface area contributed by atoms with Crippen molar-refractivity contribution in [2.45, 2.75) is 0 Å². The number of anilines is 2. The minimum Gasteiger partial charge on any atom is -0.489 e. The van der Waals surface area contributed by atoms with Gasteiger partial charge in [0.25, 0.3) is 5.91 Å². The first-order valence-electron chi connectivity index (χ1n) is 5.86. The van der Waals surface area contributed by atoms with E-state index in [0.29, 0.717) is 36.0 Å². The Hall–Kier alpha value is -2.63. The van der Waals surface area contributed by atoms with E-state index in [0.717, 1.165) is 0 Å². The number of fused-ring (bicyclic) bond motifs is 1. The van der Waals surface area contributed by atoms with Crippen LogP contribution in [0.2, 0.25) is 0 Å². The van der Waals surface area contributed by atoms with Crippen LogP contribution in [-0.4, -0.2) is 29.0 Å². The van der Waals surface area contributed by atoms with Crippen molar-refractivity contribution in [3.05, 3.63) is 42.5 Å². The van der Waals surface area contributed by atoms with E-state index in [2.05, 4.69) is 9.97 Å². The molecule has 0 atom stereocenters. The molecule has 0 saturated heterocycles. The minimum absolute atomic E-state index is 0.192. The number of aromatic nitrogens is 2. The Labute approximate surface area is 109 Å². The lowest BCUT2D eigenvalue weighted by atomic mass is 10.2. The summed E-state index contributed by atoms with van der Waals surface area (Å²) in [6.45, 7) is 0.911. The monoisotopic (exact) mass is 256 g/mol. The molecule has 1 amide bonds. The smallest absolute Gasteiger partial charge is 0.278 e. The zero-order valence-corrected chi connectivity index (χ0v) is 10.1. The number of amides is 1. The van der Waals surface area contributed by atoms with Crippen LogP contribution in [0.15, 0.2) is 36.8 Å². The first-order chi connectivity index (χ1) is 9.25. The number of benzene rings is 1. The second-order valence-corrected chi connectivity index (χ2v) is 4.12. The molecule has 1 aliphatic heterocycles. The molecule has 0 spiro atoms. The molecule has 96 valence electrons. The Morgan fingerprint density at radius 1 is 1.37 bits per heavy atom. The Balaban J connectivity index is 1.98. The van der Waals surface area contributed by atoms with Gasteiger partial charge in [-0.1, -0.05) is 0 Å². The standard InChI is InChI=1S/C13H12N4O2/c14-9-1-2-11-12(7-9)19-6-5-17(11)13(18)10-8-15-3-4-16-10/h1-4,7-8H,5-6,14H2. The normalized spacial score (nSPS) is 13.6. The van der Waals surface area contributed by atoms with Gasteiger partial charge in [0.05, 0.1) is 18.4 Å². The average molecular weight is 256 g/mol. The molecule has 0 aliphatic carbocycles. The van der Waals surface area contributed by atoms with E-state index in [1.807, 2.05) is 0 Å². The molecule has 2 heterocycles. The highest BCUT2D eigenvalue weighted by Crippen LogP contribution is 2.33. The fraction of sp³-hybridized carbons (Fsp3) is 0.154. The van der Waals surface area contributed by atoms with Gasteiger partial charge in [0.15, 0.2) is 0 Å². The van der Waals surface area contributed by atoms with Crippen LogP contribution in [0, 0.1) is 0 Å². The number of hydrogen-bond acceptors (Lipinski definition) is 5. The van der Waals surface area contributed by atoms with Crippen molar-refractivity contribution in [1.82, 2.24) is 9.97 Å². The number of nitrogens with zero attached hydrogens (tertiary/aromatic N) is 3. The second kappa shape index (κ2) is 4.56. The molecule has 1 aromatic heterocycles. The molecule has 19 heavy (non-hydrogen) atoms. The van der Waals surface area contributed by atoms with Crippen LogP contribution >= 0.6 is 0 Å². The summed E-state index contributed by atoms with van der Waals surface area (Å²) in [5.41, 5.74) is 7.33. The molecule has 6 heteroatoms. The molecule has 0 radical (unpaired) electrons. The van der Waals surface area contributed by atoms with E-state index in [1.165, 1.54) is 18.6 Å². The van der Waals surface area contributed by atoms with Crippen LogP contribution in [0.1, 0.15) is 10.5 Å². The summed E-state index contributed by atoms with van der Waals surface area (Å²) in [5, 5.41) is 0. The molecule has 0 saturated carbocycles.